The summed E-state index contributed by atoms with van der Waals surface area (Å²) in [7, 11) is 1.74. The van der Waals surface area contributed by atoms with E-state index in [0.29, 0.717) is 5.92 Å². The zero-order chi connectivity index (χ0) is 11.3. The lowest BCUT2D eigenvalue weighted by Gasteiger charge is -2.20. The van der Waals surface area contributed by atoms with Crippen LogP contribution in [0.4, 0.5) is 0 Å². The van der Waals surface area contributed by atoms with Crippen molar-refractivity contribution < 1.29 is 4.74 Å². The van der Waals surface area contributed by atoms with Crippen molar-refractivity contribution in [3.05, 3.63) is 0 Å². The number of likely N-dealkylation sites (tertiary alicyclic amines) is 1. The third kappa shape index (κ3) is 3.68. The predicted octanol–water partition coefficient (Wildman–Crippen LogP) is 0.182. The van der Waals surface area contributed by atoms with E-state index in [0.717, 1.165) is 32.1 Å². The summed E-state index contributed by atoms with van der Waals surface area (Å²) in [5.41, 5.74) is 2.67. The van der Waals surface area contributed by atoms with E-state index in [1.165, 1.54) is 0 Å². The molecule has 0 bridgehead atoms. The molecule has 0 radical (unpaired) electrons. The maximum atomic E-state index is 5.47. The van der Waals surface area contributed by atoms with Gasteiger partial charge >= 0.3 is 0 Å². The molecule has 0 aromatic rings. The van der Waals surface area contributed by atoms with Gasteiger partial charge in [0.25, 0.3) is 0 Å². The molecule has 0 aliphatic carbocycles. The molecule has 1 aliphatic heterocycles. The second-order valence-corrected chi connectivity index (χ2v) is 4.25. The van der Waals surface area contributed by atoms with Crippen LogP contribution in [0.2, 0.25) is 0 Å². The fraction of sp³-hybridized carbons (Fsp3) is 0.900. The summed E-state index contributed by atoms with van der Waals surface area (Å²) in [5.74, 6) is 6.86. The highest BCUT2D eigenvalue weighted by Crippen LogP contribution is 2.16. The number of nitrogens with zero attached hydrogens (tertiary/aromatic N) is 2. The summed E-state index contributed by atoms with van der Waals surface area (Å²) < 4.78 is 5.15. The van der Waals surface area contributed by atoms with Crippen molar-refractivity contribution in [1.82, 2.24) is 10.3 Å². The van der Waals surface area contributed by atoms with Gasteiger partial charge in [-0.15, -0.1) is 0 Å². The number of ether oxygens (including phenoxy) is 1. The molecule has 5 heteroatoms. The third-order valence-corrected chi connectivity index (χ3v) is 2.50. The minimum atomic E-state index is 0.262. The number of nitrogens with two attached hydrogens (primary N) is 1. The lowest BCUT2D eigenvalue weighted by Crippen LogP contribution is -2.44. The summed E-state index contributed by atoms with van der Waals surface area (Å²) >= 11 is 0. The van der Waals surface area contributed by atoms with E-state index in [-0.39, 0.29) is 6.04 Å². The molecule has 1 fully saturated rings. The Balaban J connectivity index is 2.50. The Morgan fingerprint density at radius 2 is 2.40 bits per heavy atom. The average molecular weight is 214 g/mol. The van der Waals surface area contributed by atoms with Crippen molar-refractivity contribution in [3.8, 4) is 0 Å². The minimum Gasteiger partial charge on any atom is -0.384 e. The molecule has 3 N–H and O–H groups in total. The van der Waals surface area contributed by atoms with E-state index in [2.05, 4.69) is 15.3 Å². The fourth-order valence-electron chi connectivity index (χ4n) is 1.85. The molecule has 1 saturated heterocycles. The van der Waals surface area contributed by atoms with Crippen LogP contribution < -0.4 is 11.3 Å². The van der Waals surface area contributed by atoms with Gasteiger partial charge in [-0.3, -0.25) is 5.43 Å². The first-order valence-corrected chi connectivity index (χ1v) is 5.45. The molecule has 1 heterocycles. The molecule has 1 aliphatic rings. The topological polar surface area (TPSA) is 62.9 Å². The van der Waals surface area contributed by atoms with E-state index >= 15 is 0 Å². The SMILES string of the molecule is COCC1CCN(C(=NC(C)C)NN)C1. The molecule has 0 spiro atoms. The number of nitrogens with one attached hydrogen (secondary N) is 1. The van der Waals surface area contributed by atoms with Crippen LogP contribution >= 0.6 is 0 Å². The smallest absolute Gasteiger partial charge is 0.208 e. The molecule has 0 aromatic carbocycles. The Morgan fingerprint density at radius 1 is 1.67 bits per heavy atom. The van der Waals surface area contributed by atoms with Crippen molar-refractivity contribution >= 4 is 5.96 Å². The molecule has 1 unspecified atom stereocenters. The zero-order valence-electron chi connectivity index (χ0n) is 9.86. The van der Waals surface area contributed by atoms with E-state index < -0.39 is 0 Å². The molecule has 1 rings (SSSR count). The number of hydrogen-bond acceptors (Lipinski definition) is 3. The zero-order valence-corrected chi connectivity index (χ0v) is 9.86. The van der Waals surface area contributed by atoms with Crippen molar-refractivity contribution in [2.45, 2.75) is 26.3 Å². The van der Waals surface area contributed by atoms with E-state index in [1.54, 1.807) is 7.11 Å². The standard InChI is InChI=1S/C10H22N4O/c1-8(2)12-10(13-11)14-5-4-9(6-14)7-15-3/h8-9H,4-7,11H2,1-3H3,(H,12,13). The van der Waals surface area contributed by atoms with E-state index in [9.17, 15) is 0 Å². The number of methoxy groups -OCH3 is 1. The summed E-state index contributed by atoms with van der Waals surface area (Å²) in [5, 5.41) is 0. The van der Waals surface area contributed by atoms with E-state index in [4.69, 9.17) is 10.6 Å². The minimum absolute atomic E-state index is 0.262. The van der Waals surface area contributed by atoms with Gasteiger partial charge in [-0.1, -0.05) is 0 Å². The Hall–Kier alpha value is -0.810. The van der Waals surface area contributed by atoms with Crippen molar-refractivity contribution in [1.29, 1.82) is 0 Å². The summed E-state index contributed by atoms with van der Waals surface area (Å²) in [4.78, 5) is 6.62. The van der Waals surface area contributed by atoms with Gasteiger partial charge in [-0.25, -0.2) is 10.8 Å². The maximum absolute atomic E-state index is 5.47. The van der Waals surface area contributed by atoms with Crippen LogP contribution in [0.5, 0.6) is 0 Å². The van der Waals surface area contributed by atoms with Gasteiger partial charge < -0.3 is 9.64 Å². The monoisotopic (exact) mass is 214 g/mol. The molecular formula is C10H22N4O. The van der Waals surface area contributed by atoms with Gasteiger partial charge in [-0.2, -0.15) is 0 Å². The molecule has 0 amide bonds. The number of hydrazine groups is 1. The summed E-state index contributed by atoms with van der Waals surface area (Å²) in [6, 6.07) is 0.262. The molecule has 0 saturated carbocycles. The Morgan fingerprint density at radius 3 is 2.93 bits per heavy atom. The second kappa shape index (κ2) is 5.92. The second-order valence-electron chi connectivity index (χ2n) is 4.25. The number of hydrogen-bond donors (Lipinski definition) is 2. The van der Waals surface area contributed by atoms with Crippen molar-refractivity contribution in [2.24, 2.45) is 16.8 Å². The summed E-state index contributed by atoms with van der Waals surface area (Å²) in [6.07, 6.45) is 1.15. The number of aliphatic imine (C=N–C) groups is 1. The first kappa shape index (κ1) is 12.3. The van der Waals surface area contributed by atoms with E-state index in [1.807, 2.05) is 13.8 Å². The van der Waals surface area contributed by atoms with Gasteiger partial charge in [0.05, 0.1) is 6.61 Å². The van der Waals surface area contributed by atoms with Gasteiger partial charge in [0.1, 0.15) is 0 Å². The number of guanidine groups is 1. The van der Waals surface area contributed by atoms with Gasteiger partial charge in [-0.05, 0) is 20.3 Å². The molecule has 1 atom stereocenters. The highest BCUT2D eigenvalue weighted by atomic mass is 16.5. The molecule has 5 nitrogen and oxygen atoms in total. The van der Waals surface area contributed by atoms with Gasteiger partial charge in [0.2, 0.25) is 5.96 Å². The van der Waals surface area contributed by atoms with Crippen LogP contribution in [0, 0.1) is 5.92 Å². The molecule has 15 heavy (non-hydrogen) atoms. The quantitative estimate of drug-likeness (QED) is 0.304. The lowest BCUT2D eigenvalue weighted by molar-refractivity contribution is 0.157. The van der Waals surface area contributed by atoms with Crippen LogP contribution in [-0.2, 0) is 4.74 Å². The van der Waals surface area contributed by atoms with Crippen molar-refractivity contribution in [2.75, 3.05) is 26.8 Å². The fourth-order valence-corrected chi connectivity index (χ4v) is 1.85. The van der Waals surface area contributed by atoms with Crippen LogP contribution in [0.1, 0.15) is 20.3 Å². The molecule has 0 aromatic heterocycles. The molecular weight excluding hydrogens is 192 g/mol. The largest absolute Gasteiger partial charge is 0.384 e. The van der Waals surface area contributed by atoms with Crippen molar-refractivity contribution in [3.63, 3.8) is 0 Å². The number of rotatable bonds is 3. The van der Waals surface area contributed by atoms with Crippen LogP contribution in [0.25, 0.3) is 0 Å². The van der Waals surface area contributed by atoms with Crippen LogP contribution in [-0.4, -0.2) is 43.7 Å². The Labute approximate surface area is 91.6 Å². The van der Waals surface area contributed by atoms with Gasteiger partial charge in [0.15, 0.2) is 0 Å². The first-order valence-electron chi connectivity index (χ1n) is 5.45. The molecule has 88 valence electrons. The Kier molecular flexibility index (Phi) is 4.84. The van der Waals surface area contributed by atoms with Gasteiger partial charge in [0, 0.05) is 32.2 Å². The lowest BCUT2D eigenvalue weighted by atomic mass is 10.1. The average Bonchev–Trinajstić information content (AvgIpc) is 2.63. The third-order valence-electron chi connectivity index (χ3n) is 2.50. The predicted molar refractivity (Wildman–Crippen MR) is 61.5 cm³/mol. The maximum Gasteiger partial charge on any atom is 0.208 e. The highest BCUT2D eigenvalue weighted by Gasteiger charge is 2.24. The highest BCUT2D eigenvalue weighted by molar-refractivity contribution is 5.79. The summed E-state index contributed by atoms with van der Waals surface area (Å²) in [6.45, 7) is 6.88. The Bertz CT molecular complexity index is 217. The van der Waals surface area contributed by atoms with Crippen LogP contribution in [0.15, 0.2) is 4.99 Å². The first-order chi connectivity index (χ1) is 7.17. The normalized spacial score (nSPS) is 22.6. The van der Waals surface area contributed by atoms with Crippen LogP contribution in [0.3, 0.4) is 0 Å².